The monoisotopic (exact) mass is 150 g/mol. The zero-order valence-corrected chi connectivity index (χ0v) is 5.69. The summed E-state index contributed by atoms with van der Waals surface area (Å²) in [5.74, 6) is 0.108. The number of hydrogen-bond donors (Lipinski definition) is 1. The van der Waals surface area contributed by atoms with Crippen molar-refractivity contribution in [2.45, 2.75) is 6.67 Å². The van der Waals surface area contributed by atoms with Crippen LogP contribution in [0.25, 0.3) is 0 Å². The van der Waals surface area contributed by atoms with Crippen molar-refractivity contribution in [1.82, 2.24) is 4.57 Å². The third-order valence-electron chi connectivity index (χ3n) is 1.58. The van der Waals surface area contributed by atoms with Gasteiger partial charge in [-0.1, -0.05) is 0 Å². The van der Waals surface area contributed by atoms with Gasteiger partial charge >= 0.3 is 0 Å². The van der Waals surface area contributed by atoms with Gasteiger partial charge in [-0.15, -0.1) is 5.11 Å². The van der Waals surface area contributed by atoms with Gasteiger partial charge in [0, 0.05) is 6.20 Å². The molecule has 2 N–H and O–H groups in total. The number of rotatable bonds is 1. The highest BCUT2D eigenvalue weighted by Gasteiger charge is 2.15. The molecule has 0 saturated heterocycles. The molecule has 0 bridgehead atoms. The molecule has 0 spiro atoms. The van der Waals surface area contributed by atoms with Crippen LogP contribution in [0.3, 0.4) is 0 Å². The summed E-state index contributed by atoms with van der Waals surface area (Å²) in [6.07, 6.45) is 1.75. The number of hydrogen-bond acceptors (Lipinski definition) is 3. The predicted molar refractivity (Wildman–Crippen MR) is 37.5 cm³/mol. The highest BCUT2D eigenvalue weighted by Crippen LogP contribution is 2.25. The van der Waals surface area contributed by atoms with E-state index in [-0.39, 0.29) is 0 Å². The largest absolute Gasteiger partial charge is 0.365 e. The van der Waals surface area contributed by atoms with Crippen molar-refractivity contribution in [3.8, 4) is 0 Å². The van der Waals surface area contributed by atoms with Crippen LogP contribution in [0.4, 0.5) is 5.82 Å². The van der Waals surface area contributed by atoms with E-state index in [1.165, 1.54) is 0 Å². The van der Waals surface area contributed by atoms with E-state index in [9.17, 15) is 4.79 Å². The molecule has 0 aromatic carbocycles. The fraction of sp³-hybridized carbons (Fsp3) is 0.167. The molecule has 5 heteroatoms. The number of azo groups is 1. The minimum absolute atomic E-state index is 0.436. The minimum atomic E-state index is -0.459. The van der Waals surface area contributed by atoms with E-state index in [0.29, 0.717) is 18.1 Å². The first kappa shape index (κ1) is 6.09. The van der Waals surface area contributed by atoms with Crippen LogP contribution in [-0.2, 0) is 6.67 Å². The Bertz CT molecular complexity index is 338. The summed E-state index contributed by atoms with van der Waals surface area (Å²) in [4.78, 5) is 10.7. The fourth-order valence-corrected chi connectivity index (χ4v) is 1.05. The molecule has 56 valence electrons. The predicted octanol–water partition coefficient (Wildman–Crippen LogP) is 0.642. The van der Waals surface area contributed by atoms with Crippen molar-refractivity contribution in [3.63, 3.8) is 0 Å². The highest BCUT2D eigenvalue weighted by molar-refractivity contribution is 5.97. The smallest absolute Gasteiger partial charge is 0.252 e. The molecule has 0 atom stereocenters. The second-order valence-corrected chi connectivity index (χ2v) is 2.27. The maximum Gasteiger partial charge on any atom is 0.252 e. The maximum atomic E-state index is 10.7. The van der Waals surface area contributed by atoms with Crippen LogP contribution in [0.1, 0.15) is 10.4 Å². The van der Waals surface area contributed by atoms with Crippen molar-refractivity contribution >= 4 is 11.7 Å². The van der Waals surface area contributed by atoms with E-state index >= 15 is 0 Å². The van der Waals surface area contributed by atoms with E-state index < -0.39 is 5.91 Å². The van der Waals surface area contributed by atoms with Crippen LogP contribution >= 0.6 is 0 Å². The zero-order chi connectivity index (χ0) is 7.84. The number of primary amides is 1. The molecular weight excluding hydrogens is 144 g/mol. The quantitative estimate of drug-likeness (QED) is 0.626. The third-order valence-corrected chi connectivity index (χ3v) is 1.58. The second kappa shape index (κ2) is 1.91. The average Bonchev–Trinajstić information content (AvgIpc) is 2.41. The van der Waals surface area contributed by atoms with Crippen LogP contribution in [0.15, 0.2) is 22.5 Å². The summed E-state index contributed by atoms with van der Waals surface area (Å²) in [6, 6.07) is 1.65. The van der Waals surface area contributed by atoms with Crippen molar-refractivity contribution in [2.24, 2.45) is 16.0 Å². The summed E-state index contributed by atoms with van der Waals surface area (Å²) in [6.45, 7) is 0.489. The topological polar surface area (TPSA) is 72.7 Å². The Morgan fingerprint density at radius 1 is 1.73 bits per heavy atom. The zero-order valence-electron chi connectivity index (χ0n) is 5.69. The molecule has 1 aromatic heterocycles. The molecule has 0 aliphatic carbocycles. The molecule has 0 radical (unpaired) electrons. The summed E-state index contributed by atoms with van der Waals surface area (Å²) < 4.78 is 1.76. The van der Waals surface area contributed by atoms with E-state index in [0.717, 1.165) is 0 Å². The Morgan fingerprint density at radius 3 is 3.27 bits per heavy atom. The molecule has 1 amide bonds. The van der Waals surface area contributed by atoms with Gasteiger partial charge in [0.25, 0.3) is 5.91 Å². The molecular formula is C6H6N4O. The molecule has 0 unspecified atom stereocenters. The Morgan fingerprint density at radius 2 is 2.55 bits per heavy atom. The van der Waals surface area contributed by atoms with Gasteiger partial charge in [0.05, 0.1) is 5.56 Å². The van der Waals surface area contributed by atoms with Gasteiger partial charge in [-0.25, -0.2) is 0 Å². The molecule has 0 fully saturated rings. The number of aromatic nitrogens is 1. The second-order valence-electron chi connectivity index (χ2n) is 2.27. The van der Waals surface area contributed by atoms with Crippen LogP contribution in [0.5, 0.6) is 0 Å². The summed E-state index contributed by atoms with van der Waals surface area (Å²) in [5, 5.41) is 7.50. The maximum absolute atomic E-state index is 10.7. The standard InChI is InChI=1S/C6H6N4O/c7-5(11)4-1-2-10-3-8-9-6(4)10/h1-2H,3H2,(H2,7,11). The molecule has 11 heavy (non-hydrogen) atoms. The molecule has 2 rings (SSSR count). The lowest BCUT2D eigenvalue weighted by Gasteiger charge is -1.91. The van der Waals surface area contributed by atoms with Crippen LogP contribution in [0.2, 0.25) is 0 Å². The number of carbonyl (C=O) groups excluding carboxylic acids is 1. The first-order chi connectivity index (χ1) is 5.29. The van der Waals surface area contributed by atoms with Gasteiger partial charge in [-0.2, -0.15) is 5.11 Å². The van der Waals surface area contributed by atoms with Gasteiger partial charge in [-0.3, -0.25) is 4.79 Å². The third kappa shape index (κ3) is 0.739. The fourth-order valence-electron chi connectivity index (χ4n) is 1.05. The number of nitrogens with two attached hydrogens (primary N) is 1. The SMILES string of the molecule is NC(=O)c1ccn2c1N=NC2. The molecule has 1 aromatic rings. The summed E-state index contributed by atoms with van der Waals surface area (Å²) >= 11 is 0. The van der Waals surface area contributed by atoms with Gasteiger partial charge in [0.1, 0.15) is 6.67 Å². The lowest BCUT2D eigenvalue weighted by atomic mass is 10.3. The number of nitrogens with zero attached hydrogens (tertiary/aromatic N) is 3. The minimum Gasteiger partial charge on any atom is -0.365 e. The van der Waals surface area contributed by atoms with Gasteiger partial charge in [0.15, 0.2) is 5.82 Å². The van der Waals surface area contributed by atoms with E-state index in [1.54, 1.807) is 16.8 Å². The normalized spacial score (nSPS) is 13.5. The molecule has 2 heterocycles. The molecule has 1 aliphatic rings. The molecule has 1 aliphatic heterocycles. The lowest BCUT2D eigenvalue weighted by molar-refractivity contribution is 0.100. The van der Waals surface area contributed by atoms with Crippen LogP contribution in [0, 0.1) is 0 Å². The average molecular weight is 150 g/mol. The van der Waals surface area contributed by atoms with Gasteiger partial charge in [0.2, 0.25) is 0 Å². The first-order valence-corrected chi connectivity index (χ1v) is 3.15. The Hall–Kier alpha value is -1.65. The van der Waals surface area contributed by atoms with E-state index in [1.807, 2.05) is 0 Å². The van der Waals surface area contributed by atoms with Gasteiger partial charge < -0.3 is 10.3 Å². The van der Waals surface area contributed by atoms with Crippen LogP contribution < -0.4 is 5.73 Å². The first-order valence-electron chi connectivity index (χ1n) is 3.15. The molecule has 0 saturated carbocycles. The Kier molecular flexibility index (Phi) is 1.06. The van der Waals surface area contributed by atoms with Crippen LogP contribution in [-0.4, -0.2) is 10.5 Å². The van der Waals surface area contributed by atoms with Crippen molar-refractivity contribution in [3.05, 3.63) is 17.8 Å². The van der Waals surface area contributed by atoms with E-state index in [2.05, 4.69) is 10.2 Å². The van der Waals surface area contributed by atoms with E-state index in [4.69, 9.17) is 5.73 Å². The summed E-state index contributed by atoms with van der Waals surface area (Å²) in [7, 11) is 0. The van der Waals surface area contributed by atoms with Crippen molar-refractivity contribution in [2.75, 3.05) is 0 Å². The van der Waals surface area contributed by atoms with Crippen molar-refractivity contribution in [1.29, 1.82) is 0 Å². The molecule has 5 nitrogen and oxygen atoms in total. The summed E-state index contributed by atoms with van der Waals surface area (Å²) in [5.41, 5.74) is 5.51. The number of amides is 1. The number of fused-ring (bicyclic) bond motifs is 1. The van der Waals surface area contributed by atoms with Crippen molar-refractivity contribution < 1.29 is 4.79 Å². The Balaban J connectivity index is 2.58. The van der Waals surface area contributed by atoms with Gasteiger partial charge in [-0.05, 0) is 6.07 Å². The number of carbonyl (C=O) groups is 1. The Labute approximate surface area is 62.5 Å². The lowest BCUT2D eigenvalue weighted by Crippen LogP contribution is -2.09. The highest BCUT2D eigenvalue weighted by atomic mass is 16.1.